The van der Waals surface area contributed by atoms with E-state index in [0.717, 1.165) is 36.2 Å². The van der Waals surface area contributed by atoms with Crippen molar-refractivity contribution in [3.05, 3.63) is 120 Å². The molecule has 36 heavy (non-hydrogen) atoms. The molecule has 0 aromatic heterocycles. The molecule has 1 amide bonds. The number of hydrogen-bond donors (Lipinski definition) is 2. The van der Waals surface area contributed by atoms with E-state index in [1.54, 1.807) is 24.3 Å². The smallest absolute Gasteiger partial charge is 0.220 e. The zero-order valence-corrected chi connectivity index (χ0v) is 20.0. The van der Waals surface area contributed by atoms with Gasteiger partial charge in [0.1, 0.15) is 11.6 Å². The number of nitrogens with zero attached hydrogens (tertiary/aromatic N) is 1. The Labute approximate surface area is 211 Å². The van der Waals surface area contributed by atoms with E-state index in [0.29, 0.717) is 12.8 Å². The van der Waals surface area contributed by atoms with E-state index in [2.05, 4.69) is 40.5 Å². The molecule has 1 atom stereocenters. The van der Waals surface area contributed by atoms with Gasteiger partial charge in [-0.15, -0.1) is 0 Å². The summed E-state index contributed by atoms with van der Waals surface area (Å²) >= 11 is 0. The third kappa shape index (κ3) is 5.74. The van der Waals surface area contributed by atoms with Crippen molar-refractivity contribution in [3.8, 4) is 16.9 Å². The molecule has 5 rings (SSSR count). The van der Waals surface area contributed by atoms with Crippen molar-refractivity contribution in [2.24, 2.45) is 0 Å². The number of hydrogen-bond acceptors (Lipinski definition) is 3. The summed E-state index contributed by atoms with van der Waals surface area (Å²) in [4.78, 5) is 15.2. The van der Waals surface area contributed by atoms with Gasteiger partial charge in [-0.1, -0.05) is 60.7 Å². The van der Waals surface area contributed by atoms with E-state index < -0.39 is 0 Å². The summed E-state index contributed by atoms with van der Waals surface area (Å²) in [5.41, 5.74) is 6.57. The number of carbonyl (C=O) groups is 1. The van der Waals surface area contributed by atoms with Crippen LogP contribution >= 0.6 is 0 Å². The summed E-state index contributed by atoms with van der Waals surface area (Å²) in [6, 6.07) is 30.2. The lowest BCUT2D eigenvalue weighted by Crippen LogP contribution is -2.48. The fourth-order valence-electron chi connectivity index (χ4n) is 4.84. The minimum absolute atomic E-state index is 0.0167. The fraction of sp³-hybridized carbons (Fsp3) is 0.194. The van der Waals surface area contributed by atoms with Crippen LogP contribution in [0.2, 0.25) is 0 Å². The van der Waals surface area contributed by atoms with E-state index in [9.17, 15) is 14.3 Å². The summed E-state index contributed by atoms with van der Waals surface area (Å²) in [7, 11) is 0. The molecule has 0 fully saturated rings. The highest BCUT2D eigenvalue weighted by Crippen LogP contribution is 2.33. The Morgan fingerprint density at radius 3 is 2.36 bits per heavy atom. The van der Waals surface area contributed by atoms with Crippen molar-refractivity contribution in [2.45, 2.75) is 31.8 Å². The number of aryl methyl sites for hydroxylation is 1. The van der Waals surface area contributed by atoms with Crippen LogP contribution in [-0.2, 0) is 24.2 Å². The van der Waals surface area contributed by atoms with Crippen LogP contribution in [0.25, 0.3) is 11.1 Å². The van der Waals surface area contributed by atoms with Gasteiger partial charge in [-0.05, 0) is 77.1 Å². The molecule has 1 aliphatic rings. The van der Waals surface area contributed by atoms with Gasteiger partial charge < -0.3 is 15.3 Å². The Hall–Kier alpha value is -4.12. The molecule has 0 saturated carbocycles. The van der Waals surface area contributed by atoms with Crippen molar-refractivity contribution in [1.82, 2.24) is 5.32 Å². The van der Waals surface area contributed by atoms with E-state index in [1.165, 1.54) is 28.9 Å². The number of fused-ring (bicyclic) bond motifs is 1. The highest BCUT2D eigenvalue weighted by Gasteiger charge is 2.26. The molecule has 4 aromatic rings. The molecule has 1 unspecified atom stereocenters. The zero-order valence-electron chi connectivity index (χ0n) is 20.0. The normalized spacial score (nSPS) is 14.8. The lowest BCUT2D eigenvalue weighted by Gasteiger charge is -2.37. The zero-order chi connectivity index (χ0) is 24.9. The summed E-state index contributed by atoms with van der Waals surface area (Å²) in [6.45, 7) is 1.48. The third-order valence-electron chi connectivity index (χ3n) is 6.66. The molecular weight excluding hydrogens is 451 g/mol. The number of nitrogens with one attached hydrogen (secondary N) is 1. The minimum atomic E-state index is -0.249. The van der Waals surface area contributed by atoms with Gasteiger partial charge >= 0.3 is 0 Å². The standard InChI is InChI=1S/C31H29FN2O2/c32-27-12-9-24(10-13-27)25-11-16-30-26(18-25)19-28(21-34(30)20-23-4-2-1-3-5-23)33-31(36)17-8-22-6-14-29(35)15-7-22/h1-7,9-16,18,28,35H,8,17,19-21H2,(H,33,36). The van der Waals surface area contributed by atoms with E-state index >= 15 is 0 Å². The van der Waals surface area contributed by atoms with Gasteiger partial charge in [0, 0.05) is 25.2 Å². The maximum absolute atomic E-state index is 13.4. The quantitative estimate of drug-likeness (QED) is 0.347. The fourth-order valence-corrected chi connectivity index (χ4v) is 4.84. The van der Waals surface area contributed by atoms with Gasteiger partial charge in [0.15, 0.2) is 0 Å². The van der Waals surface area contributed by atoms with E-state index in [-0.39, 0.29) is 23.5 Å². The number of halogens is 1. The summed E-state index contributed by atoms with van der Waals surface area (Å²) in [5, 5.41) is 12.7. The Bertz CT molecular complexity index is 1320. The Morgan fingerprint density at radius 1 is 0.889 bits per heavy atom. The first kappa shape index (κ1) is 23.6. The van der Waals surface area contributed by atoms with E-state index in [4.69, 9.17) is 0 Å². The van der Waals surface area contributed by atoms with Crippen LogP contribution in [0.3, 0.4) is 0 Å². The van der Waals surface area contributed by atoms with Gasteiger partial charge in [0.25, 0.3) is 0 Å². The highest BCUT2D eigenvalue weighted by molar-refractivity contribution is 5.77. The maximum Gasteiger partial charge on any atom is 0.220 e. The highest BCUT2D eigenvalue weighted by atomic mass is 19.1. The molecule has 0 bridgehead atoms. The summed E-state index contributed by atoms with van der Waals surface area (Å²) < 4.78 is 13.4. The summed E-state index contributed by atoms with van der Waals surface area (Å²) in [6.07, 6.45) is 1.75. The molecule has 0 radical (unpaired) electrons. The number of amides is 1. The van der Waals surface area contributed by atoms with Gasteiger partial charge in [-0.2, -0.15) is 0 Å². The Balaban J connectivity index is 1.34. The maximum atomic E-state index is 13.4. The molecule has 1 aliphatic heterocycles. The molecule has 0 saturated heterocycles. The van der Waals surface area contributed by atoms with Crippen molar-refractivity contribution in [1.29, 1.82) is 0 Å². The predicted octanol–water partition coefficient (Wildman–Crippen LogP) is 5.88. The molecule has 4 aromatic carbocycles. The van der Waals surface area contributed by atoms with Gasteiger partial charge in [0.05, 0.1) is 6.04 Å². The average Bonchev–Trinajstić information content (AvgIpc) is 2.89. The first-order valence-electron chi connectivity index (χ1n) is 12.3. The molecule has 0 spiro atoms. The number of benzene rings is 4. The summed E-state index contributed by atoms with van der Waals surface area (Å²) in [5.74, 6) is -0.00529. The average molecular weight is 481 g/mol. The number of carbonyl (C=O) groups excluding carboxylic acids is 1. The molecule has 0 aliphatic carbocycles. The Kier molecular flexibility index (Phi) is 6.99. The number of phenols is 1. The predicted molar refractivity (Wildman–Crippen MR) is 141 cm³/mol. The van der Waals surface area contributed by atoms with E-state index in [1.807, 2.05) is 30.3 Å². The van der Waals surface area contributed by atoms with Crippen LogP contribution in [0.15, 0.2) is 97.1 Å². The SMILES string of the molecule is O=C(CCc1ccc(O)cc1)NC1Cc2cc(-c3ccc(F)cc3)ccc2N(Cc2ccccc2)C1. The van der Waals surface area contributed by atoms with Crippen LogP contribution in [0.4, 0.5) is 10.1 Å². The molecule has 182 valence electrons. The first-order valence-corrected chi connectivity index (χ1v) is 12.3. The van der Waals surface area contributed by atoms with Crippen LogP contribution in [0.1, 0.15) is 23.1 Å². The van der Waals surface area contributed by atoms with Crippen molar-refractivity contribution in [3.63, 3.8) is 0 Å². The number of phenolic OH excluding ortho intramolecular Hbond substituents is 1. The molecular formula is C31H29FN2O2. The van der Waals surface area contributed by atoms with Crippen LogP contribution in [0, 0.1) is 5.82 Å². The van der Waals surface area contributed by atoms with Crippen LogP contribution in [0.5, 0.6) is 5.75 Å². The van der Waals surface area contributed by atoms with Crippen molar-refractivity contribution in [2.75, 3.05) is 11.4 Å². The first-order chi connectivity index (χ1) is 17.5. The third-order valence-corrected chi connectivity index (χ3v) is 6.66. The monoisotopic (exact) mass is 480 g/mol. The van der Waals surface area contributed by atoms with Gasteiger partial charge in [-0.3, -0.25) is 4.79 Å². The molecule has 2 N–H and O–H groups in total. The van der Waals surface area contributed by atoms with Gasteiger partial charge in [-0.25, -0.2) is 4.39 Å². The number of aromatic hydroxyl groups is 1. The second-order valence-corrected chi connectivity index (χ2v) is 9.35. The molecule has 1 heterocycles. The minimum Gasteiger partial charge on any atom is -0.508 e. The molecule has 4 nitrogen and oxygen atoms in total. The van der Waals surface area contributed by atoms with Crippen LogP contribution < -0.4 is 10.2 Å². The lowest BCUT2D eigenvalue weighted by molar-refractivity contribution is -0.121. The second kappa shape index (κ2) is 10.6. The Morgan fingerprint density at radius 2 is 1.61 bits per heavy atom. The number of rotatable bonds is 7. The topological polar surface area (TPSA) is 52.6 Å². The largest absolute Gasteiger partial charge is 0.508 e. The second-order valence-electron chi connectivity index (χ2n) is 9.35. The molecule has 5 heteroatoms. The van der Waals surface area contributed by atoms with Crippen LogP contribution in [-0.4, -0.2) is 23.6 Å². The van der Waals surface area contributed by atoms with Crippen molar-refractivity contribution < 1.29 is 14.3 Å². The lowest BCUT2D eigenvalue weighted by atomic mass is 9.93. The van der Waals surface area contributed by atoms with Crippen molar-refractivity contribution >= 4 is 11.6 Å². The number of anilines is 1. The van der Waals surface area contributed by atoms with Gasteiger partial charge in [0.2, 0.25) is 5.91 Å².